The Bertz CT molecular complexity index is 519. The van der Waals surface area contributed by atoms with Gasteiger partial charge in [-0.2, -0.15) is 0 Å². The van der Waals surface area contributed by atoms with Crippen LogP contribution in [-0.2, 0) is 9.53 Å². The van der Waals surface area contributed by atoms with Crippen LogP contribution in [-0.4, -0.2) is 23.1 Å². The van der Waals surface area contributed by atoms with E-state index in [1.165, 1.54) is 0 Å². The molecule has 1 rings (SSSR count). The van der Waals surface area contributed by atoms with Crippen molar-refractivity contribution < 1.29 is 14.3 Å². The molecule has 0 radical (unpaired) electrons. The number of carbonyl (C=O) groups excluding carboxylic acids is 2. The lowest BCUT2D eigenvalue weighted by molar-refractivity contribution is -0.161. The highest BCUT2D eigenvalue weighted by atomic mass is 79.9. The van der Waals surface area contributed by atoms with Crippen molar-refractivity contribution in [3.63, 3.8) is 0 Å². The van der Waals surface area contributed by atoms with Crippen molar-refractivity contribution in [2.45, 2.75) is 45.8 Å². The molecule has 0 aliphatic rings. The van der Waals surface area contributed by atoms with Gasteiger partial charge in [-0.3, -0.25) is 0 Å². The zero-order valence-corrected chi connectivity index (χ0v) is 14.5. The Morgan fingerprint density at radius 3 is 2.05 bits per heavy atom. The number of urea groups is 1. The van der Waals surface area contributed by atoms with E-state index in [-0.39, 0.29) is 0 Å². The lowest BCUT2D eigenvalue weighted by Crippen LogP contribution is -2.53. The van der Waals surface area contributed by atoms with E-state index in [0.717, 1.165) is 4.47 Å². The monoisotopic (exact) mass is 356 g/mol. The van der Waals surface area contributed by atoms with E-state index in [1.54, 1.807) is 46.8 Å². The van der Waals surface area contributed by atoms with Gasteiger partial charge in [0.15, 0.2) is 0 Å². The van der Waals surface area contributed by atoms with Crippen LogP contribution in [0.1, 0.15) is 34.6 Å². The number of nitrogens with one attached hydrogen (secondary N) is 2. The molecule has 2 amide bonds. The number of ether oxygens (including phenoxy) is 1. The molecule has 0 unspecified atom stereocenters. The molecule has 0 heterocycles. The van der Waals surface area contributed by atoms with E-state index in [2.05, 4.69) is 26.6 Å². The second kappa shape index (κ2) is 6.47. The molecule has 0 saturated carbocycles. The van der Waals surface area contributed by atoms with E-state index in [1.807, 2.05) is 12.1 Å². The Kier molecular flexibility index (Phi) is 5.39. The lowest BCUT2D eigenvalue weighted by Gasteiger charge is -2.29. The Morgan fingerprint density at radius 1 is 1.05 bits per heavy atom. The molecule has 1 aromatic rings. The first kappa shape index (κ1) is 17.5. The van der Waals surface area contributed by atoms with Crippen molar-refractivity contribution in [2.75, 3.05) is 5.32 Å². The van der Waals surface area contributed by atoms with Crippen LogP contribution in [0.5, 0.6) is 0 Å². The minimum atomic E-state index is -1.12. The molecule has 6 heteroatoms. The Labute approximate surface area is 133 Å². The standard InChI is InChI=1S/C15H21BrN2O3/c1-14(2,3)21-12(19)15(4,5)18-13(20)17-11-8-6-10(16)7-9-11/h6-9H,1-5H3,(H2,17,18,20). The summed E-state index contributed by atoms with van der Waals surface area (Å²) in [6.07, 6.45) is 0. The summed E-state index contributed by atoms with van der Waals surface area (Å²) in [5.41, 5.74) is -1.08. The van der Waals surface area contributed by atoms with Gasteiger partial charge >= 0.3 is 12.0 Å². The molecule has 2 N–H and O–H groups in total. The van der Waals surface area contributed by atoms with Gasteiger partial charge in [0.05, 0.1) is 0 Å². The van der Waals surface area contributed by atoms with E-state index in [4.69, 9.17) is 4.74 Å². The van der Waals surface area contributed by atoms with Crippen LogP contribution in [0.15, 0.2) is 28.7 Å². The third-order valence-electron chi connectivity index (χ3n) is 2.44. The summed E-state index contributed by atoms with van der Waals surface area (Å²) in [6, 6.07) is 6.67. The SMILES string of the molecule is CC(C)(C)OC(=O)C(C)(C)NC(=O)Nc1ccc(Br)cc1. The molecule has 0 fully saturated rings. The number of hydrogen-bond donors (Lipinski definition) is 2. The summed E-state index contributed by atoms with van der Waals surface area (Å²) in [7, 11) is 0. The maximum Gasteiger partial charge on any atom is 0.331 e. The predicted octanol–water partition coefficient (Wildman–Crippen LogP) is 3.69. The van der Waals surface area contributed by atoms with Gasteiger partial charge in [0, 0.05) is 10.2 Å². The van der Waals surface area contributed by atoms with Crippen LogP contribution in [0, 0.1) is 0 Å². The number of hydrogen-bond acceptors (Lipinski definition) is 3. The van der Waals surface area contributed by atoms with Crippen molar-refractivity contribution in [1.82, 2.24) is 5.32 Å². The largest absolute Gasteiger partial charge is 0.458 e. The van der Waals surface area contributed by atoms with Gasteiger partial charge in [0.2, 0.25) is 0 Å². The summed E-state index contributed by atoms with van der Waals surface area (Å²) in [6.45, 7) is 8.54. The summed E-state index contributed by atoms with van der Waals surface area (Å²) in [4.78, 5) is 24.0. The average molecular weight is 357 g/mol. The van der Waals surface area contributed by atoms with Gasteiger partial charge in [-0.05, 0) is 58.9 Å². The van der Waals surface area contributed by atoms with Gasteiger partial charge in [0.25, 0.3) is 0 Å². The molecule has 1 aromatic carbocycles. The fourth-order valence-corrected chi connectivity index (χ4v) is 1.70. The molecular formula is C15H21BrN2O3. The Morgan fingerprint density at radius 2 is 1.57 bits per heavy atom. The molecule has 116 valence electrons. The van der Waals surface area contributed by atoms with Crippen molar-refractivity contribution in [1.29, 1.82) is 0 Å². The van der Waals surface area contributed by atoms with Crippen LogP contribution in [0.4, 0.5) is 10.5 Å². The quantitative estimate of drug-likeness (QED) is 0.811. The molecule has 0 spiro atoms. The second-order valence-corrected chi connectivity index (χ2v) is 7.13. The third-order valence-corrected chi connectivity index (χ3v) is 2.97. The van der Waals surface area contributed by atoms with E-state index in [0.29, 0.717) is 5.69 Å². The molecule has 0 saturated heterocycles. The van der Waals surface area contributed by atoms with Crippen LogP contribution in [0.25, 0.3) is 0 Å². The highest BCUT2D eigenvalue weighted by Gasteiger charge is 2.34. The maximum atomic E-state index is 12.0. The van der Waals surface area contributed by atoms with Crippen LogP contribution >= 0.6 is 15.9 Å². The number of halogens is 1. The first-order valence-corrected chi connectivity index (χ1v) is 7.37. The molecule has 0 aliphatic heterocycles. The summed E-state index contributed by atoms with van der Waals surface area (Å²) < 4.78 is 6.20. The van der Waals surface area contributed by atoms with Gasteiger partial charge in [-0.15, -0.1) is 0 Å². The number of anilines is 1. The highest BCUT2D eigenvalue weighted by Crippen LogP contribution is 2.16. The highest BCUT2D eigenvalue weighted by molar-refractivity contribution is 9.10. The number of rotatable bonds is 3. The normalized spacial score (nSPS) is 11.7. The molecule has 21 heavy (non-hydrogen) atoms. The van der Waals surface area contributed by atoms with Gasteiger partial charge in [-0.1, -0.05) is 15.9 Å². The fraction of sp³-hybridized carbons (Fsp3) is 0.467. The minimum Gasteiger partial charge on any atom is -0.458 e. The molecule has 0 bridgehead atoms. The van der Waals surface area contributed by atoms with E-state index in [9.17, 15) is 9.59 Å². The first-order valence-electron chi connectivity index (χ1n) is 6.58. The first-order chi connectivity index (χ1) is 9.49. The average Bonchev–Trinajstić information content (AvgIpc) is 2.29. The van der Waals surface area contributed by atoms with Crippen molar-refractivity contribution in [3.05, 3.63) is 28.7 Å². The Hall–Kier alpha value is -1.56. The zero-order chi connectivity index (χ0) is 16.3. The summed E-state index contributed by atoms with van der Waals surface area (Å²) in [5.74, 6) is -0.485. The Balaban J connectivity index is 2.64. The molecule has 5 nitrogen and oxygen atoms in total. The van der Waals surface area contributed by atoms with Crippen LogP contribution in [0.2, 0.25) is 0 Å². The molecular weight excluding hydrogens is 336 g/mol. The predicted molar refractivity (Wildman–Crippen MR) is 86.2 cm³/mol. The number of benzene rings is 1. The van der Waals surface area contributed by atoms with Crippen LogP contribution < -0.4 is 10.6 Å². The van der Waals surface area contributed by atoms with Crippen molar-refractivity contribution in [3.8, 4) is 0 Å². The molecule has 0 atom stereocenters. The zero-order valence-electron chi connectivity index (χ0n) is 12.9. The molecule has 0 aromatic heterocycles. The minimum absolute atomic E-state index is 0.465. The van der Waals surface area contributed by atoms with E-state index < -0.39 is 23.1 Å². The topological polar surface area (TPSA) is 67.4 Å². The molecule has 0 aliphatic carbocycles. The van der Waals surface area contributed by atoms with Crippen molar-refractivity contribution in [2.24, 2.45) is 0 Å². The van der Waals surface area contributed by atoms with E-state index >= 15 is 0 Å². The van der Waals surface area contributed by atoms with Gasteiger partial charge < -0.3 is 15.4 Å². The number of carbonyl (C=O) groups is 2. The number of esters is 1. The number of amides is 2. The fourth-order valence-electron chi connectivity index (χ4n) is 1.44. The lowest BCUT2D eigenvalue weighted by atomic mass is 10.1. The van der Waals surface area contributed by atoms with Crippen molar-refractivity contribution >= 4 is 33.6 Å². The third kappa shape index (κ3) is 6.16. The smallest absolute Gasteiger partial charge is 0.331 e. The second-order valence-electron chi connectivity index (χ2n) is 6.21. The van der Waals surface area contributed by atoms with Gasteiger partial charge in [-0.25, -0.2) is 9.59 Å². The van der Waals surface area contributed by atoms with Crippen LogP contribution in [0.3, 0.4) is 0 Å². The van der Waals surface area contributed by atoms with Gasteiger partial charge in [0.1, 0.15) is 11.1 Å². The maximum absolute atomic E-state index is 12.0. The summed E-state index contributed by atoms with van der Waals surface area (Å²) in [5, 5.41) is 5.27. The summed E-state index contributed by atoms with van der Waals surface area (Å²) >= 11 is 3.32.